The van der Waals surface area contributed by atoms with Crippen molar-refractivity contribution in [2.24, 2.45) is 5.41 Å². The highest BCUT2D eigenvalue weighted by Crippen LogP contribution is 2.45. The van der Waals surface area contributed by atoms with Gasteiger partial charge in [-0.25, -0.2) is 4.39 Å². The predicted octanol–water partition coefficient (Wildman–Crippen LogP) is 4.13. The van der Waals surface area contributed by atoms with Crippen molar-refractivity contribution >= 4 is 40.7 Å². The standard InChI is InChI=1S/C15H22BrFN2O.2ClH/c1-15(2,3)14(19-8-6-18-7-9-19)12-11(17)5-4-10(16)13(12)20;;/h4-5,14,18,20H,6-9H2,1-3H3;2*1H/t14-;;/m1../s1. The predicted molar refractivity (Wildman–Crippen MR) is 96.9 cm³/mol. The van der Waals surface area contributed by atoms with E-state index < -0.39 is 0 Å². The number of nitrogens with one attached hydrogen (secondary N) is 1. The molecule has 0 radical (unpaired) electrons. The van der Waals surface area contributed by atoms with Gasteiger partial charge in [0.25, 0.3) is 0 Å². The molecule has 1 aromatic carbocycles. The number of piperazine rings is 1. The van der Waals surface area contributed by atoms with Crippen molar-refractivity contribution in [1.82, 2.24) is 10.2 Å². The Morgan fingerprint density at radius 1 is 1.23 bits per heavy atom. The number of phenols is 1. The first-order valence-electron chi connectivity index (χ1n) is 6.94. The Labute approximate surface area is 152 Å². The van der Waals surface area contributed by atoms with Gasteiger partial charge in [-0.2, -0.15) is 0 Å². The van der Waals surface area contributed by atoms with E-state index in [9.17, 15) is 9.50 Å². The molecule has 1 aromatic rings. The van der Waals surface area contributed by atoms with E-state index in [1.54, 1.807) is 6.07 Å². The van der Waals surface area contributed by atoms with E-state index >= 15 is 0 Å². The topological polar surface area (TPSA) is 35.5 Å². The molecule has 0 unspecified atom stereocenters. The summed E-state index contributed by atoms with van der Waals surface area (Å²) in [6.07, 6.45) is 0. The van der Waals surface area contributed by atoms with Crippen LogP contribution in [0.5, 0.6) is 5.75 Å². The lowest BCUT2D eigenvalue weighted by Gasteiger charge is -2.42. The fraction of sp³-hybridized carbons (Fsp3) is 0.600. The highest BCUT2D eigenvalue weighted by atomic mass is 79.9. The zero-order valence-corrected chi connectivity index (χ0v) is 16.2. The van der Waals surface area contributed by atoms with Crippen molar-refractivity contribution in [3.8, 4) is 5.75 Å². The molecule has 0 bridgehead atoms. The van der Waals surface area contributed by atoms with Crippen molar-refractivity contribution in [1.29, 1.82) is 0 Å². The lowest BCUT2D eigenvalue weighted by Crippen LogP contribution is -2.48. The van der Waals surface area contributed by atoms with Crippen molar-refractivity contribution in [3.05, 3.63) is 28.0 Å². The summed E-state index contributed by atoms with van der Waals surface area (Å²) in [5.74, 6) is -0.326. The van der Waals surface area contributed by atoms with Gasteiger partial charge in [-0.1, -0.05) is 20.8 Å². The first-order valence-corrected chi connectivity index (χ1v) is 7.73. The lowest BCUT2D eigenvalue weighted by molar-refractivity contribution is 0.0812. The van der Waals surface area contributed by atoms with Crippen LogP contribution in [0, 0.1) is 11.2 Å². The summed E-state index contributed by atoms with van der Waals surface area (Å²) in [4.78, 5) is 2.25. The van der Waals surface area contributed by atoms with Crippen LogP contribution < -0.4 is 5.32 Å². The molecule has 0 amide bonds. The number of halogens is 4. The van der Waals surface area contributed by atoms with Gasteiger partial charge in [0.15, 0.2) is 0 Å². The van der Waals surface area contributed by atoms with E-state index in [1.165, 1.54) is 6.07 Å². The van der Waals surface area contributed by atoms with Gasteiger partial charge in [-0.3, -0.25) is 4.90 Å². The molecule has 0 saturated carbocycles. The molecule has 0 aromatic heterocycles. The largest absolute Gasteiger partial charge is 0.506 e. The van der Waals surface area contributed by atoms with E-state index in [0.717, 1.165) is 26.2 Å². The quantitative estimate of drug-likeness (QED) is 0.759. The van der Waals surface area contributed by atoms with Crippen LogP contribution >= 0.6 is 40.7 Å². The summed E-state index contributed by atoms with van der Waals surface area (Å²) >= 11 is 3.29. The monoisotopic (exact) mass is 416 g/mol. The van der Waals surface area contributed by atoms with Crippen LogP contribution in [0.25, 0.3) is 0 Å². The van der Waals surface area contributed by atoms with E-state index in [0.29, 0.717) is 10.0 Å². The molecule has 128 valence electrons. The number of nitrogens with zero attached hydrogens (tertiary/aromatic N) is 1. The summed E-state index contributed by atoms with van der Waals surface area (Å²) in [5, 5.41) is 13.6. The molecule has 7 heteroatoms. The number of rotatable bonds is 2. The minimum Gasteiger partial charge on any atom is -0.506 e. The van der Waals surface area contributed by atoms with Gasteiger partial charge in [0.2, 0.25) is 0 Å². The minimum atomic E-state index is -0.343. The van der Waals surface area contributed by atoms with E-state index in [1.807, 2.05) is 0 Å². The van der Waals surface area contributed by atoms with Crippen LogP contribution in [0.4, 0.5) is 4.39 Å². The highest BCUT2D eigenvalue weighted by molar-refractivity contribution is 9.10. The van der Waals surface area contributed by atoms with Crippen molar-refractivity contribution in [2.75, 3.05) is 26.2 Å². The van der Waals surface area contributed by atoms with E-state index in [2.05, 4.69) is 46.9 Å². The number of benzene rings is 1. The molecular weight excluding hydrogens is 394 g/mol. The zero-order chi connectivity index (χ0) is 14.9. The molecule has 1 fully saturated rings. The maximum Gasteiger partial charge on any atom is 0.137 e. The smallest absolute Gasteiger partial charge is 0.137 e. The molecule has 2 rings (SSSR count). The van der Waals surface area contributed by atoms with Crippen molar-refractivity contribution in [2.45, 2.75) is 26.8 Å². The molecule has 0 aliphatic carbocycles. The van der Waals surface area contributed by atoms with Crippen LogP contribution in [0.15, 0.2) is 16.6 Å². The molecule has 2 N–H and O–H groups in total. The molecule has 0 spiro atoms. The summed E-state index contributed by atoms with van der Waals surface area (Å²) in [6.45, 7) is 9.74. The van der Waals surface area contributed by atoms with Gasteiger partial charge >= 0.3 is 0 Å². The van der Waals surface area contributed by atoms with Gasteiger partial charge in [0.05, 0.1) is 4.47 Å². The second kappa shape index (κ2) is 8.69. The van der Waals surface area contributed by atoms with Gasteiger partial charge < -0.3 is 10.4 Å². The van der Waals surface area contributed by atoms with Crippen LogP contribution in [0.2, 0.25) is 0 Å². The molecule has 3 nitrogen and oxygen atoms in total. The zero-order valence-electron chi connectivity index (χ0n) is 13.0. The Kier molecular flexibility index (Phi) is 8.66. The molecular formula is C15H24BrCl2FN2O. The molecule has 1 heterocycles. The number of aromatic hydroxyl groups is 1. The van der Waals surface area contributed by atoms with Crippen LogP contribution in [0.3, 0.4) is 0 Å². The Balaban J connectivity index is 0.00000220. The van der Waals surface area contributed by atoms with Gasteiger partial charge in [-0.15, -0.1) is 24.8 Å². The fourth-order valence-electron chi connectivity index (χ4n) is 2.92. The van der Waals surface area contributed by atoms with Gasteiger partial charge in [-0.05, 0) is 33.5 Å². The van der Waals surface area contributed by atoms with Crippen molar-refractivity contribution < 1.29 is 9.50 Å². The number of hydrogen-bond acceptors (Lipinski definition) is 3. The first-order chi connectivity index (χ1) is 9.32. The average Bonchev–Trinajstić information content (AvgIpc) is 2.39. The second-order valence-corrected chi connectivity index (χ2v) is 7.20. The third-order valence-electron chi connectivity index (χ3n) is 3.73. The van der Waals surface area contributed by atoms with Gasteiger partial charge in [0.1, 0.15) is 11.6 Å². The van der Waals surface area contributed by atoms with E-state index in [4.69, 9.17) is 0 Å². The molecule has 1 aliphatic heterocycles. The van der Waals surface area contributed by atoms with Crippen LogP contribution in [0.1, 0.15) is 32.4 Å². The maximum absolute atomic E-state index is 14.3. The minimum absolute atomic E-state index is 0. The Morgan fingerprint density at radius 3 is 2.27 bits per heavy atom. The third-order valence-corrected chi connectivity index (χ3v) is 4.37. The average molecular weight is 418 g/mol. The highest BCUT2D eigenvalue weighted by Gasteiger charge is 2.36. The molecule has 1 atom stereocenters. The molecule has 1 saturated heterocycles. The summed E-state index contributed by atoms with van der Waals surface area (Å²) < 4.78 is 14.9. The van der Waals surface area contributed by atoms with Crippen molar-refractivity contribution in [3.63, 3.8) is 0 Å². The molecule has 1 aliphatic rings. The SMILES string of the molecule is CC(C)(C)[C@@H](c1c(F)ccc(Br)c1O)N1CCNCC1.Cl.Cl. The Hall–Kier alpha value is -0.0700. The summed E-state index contributed by atoms with van der Waals surface area (Å²) in [7, 11) is 0. The Bertz CT molecular complexity index is 491. The lowest BCUT2D eigenvalue weighted by atomic mass is 9.80. The van der Waals surface area contributed by atoms with Crippen LogP contribution in [-0.2, 0) is 0 Å². The van der Waals surface area contributed by atoms with Crippen LogP contribution in [-0.4, -0.2) is 36.2 Å². The number of phenolic OH excluding ortho intramolecular Hbond substituents is 1. The normalized spacial score (nSPS) is 17.3. The van der Waals surface area contributed by atoms with Gasteiger partial charge in [0, 0.05) is 37.8 Å². The Morgan fingerprint density at radius 2 is 1.77 bits per heavy atom. The second-order valence-electron chi connectivity index (χ2n) is 6.35. The van der Waals surface area contributed by atoms with E-state index in [-0.39, 0.29) is 47.8 Å². The third kappa shape index (κ3) is 4.71. The summed E-state index contributed by atoms with van der Waals surface area (Å²) in [6, 6.07) is 2.81. The first kappa shape index (κ1) is 21.9. The number of hydrogen-bond donors (Lipinski definition) is 2. The molecule has 22 heavy (non-hydrogen) atoms. The fourth-order valence-corrected chi connectivity index (χ4v) is 3.27. The maximum atomic E-state index is 14.3. The summed E-state index contributed by atoms with van der Waals surface area (Å²) in [5.41, 5.74) is 0.227.